The lowest BCUT2D eigenvalue weighted by Crippen LogP contribution is -2.30. The molecule has 18 heavy (non-hydrogen) atoms. The molecule has 2 rings (SSSR count). The van der Waals surface area contributed by atoms with Gasteiger partial charge in [0.15, 0.2) is 5.13 Å². The lowest BCUT2D eigenvalue weighted by atomic mass is 10.2. The van der Waals surface area contributed by atoms with Gasteiger partial charge in [-0.3, -0.25) is 4.79 Å². The minimum absolute atomic E-state index is 0.0623. The SMILES string of the molecule is Cc1nc(NC(=O)CSC2CCNCC2)sc1C. The summed E-state index contributed by atoms with van der Waals surface area (Å²) in [4.78, 5) is 17.3. The highest BCUT2D eigenvalue weighted by molar-refractivity contribution is 8.00. The molecule has 0 atom stereocenters. The third-order valence-corrected chi connectivity index (χ3v) is 5.37. The van der Waals surface area contributed by atoms with Crippen molar-refractivity contribution in [2.45, 2.75) is 31.9 Å². The van der Waals surface area contributed by atoms with E-state index in [1.54, 1.807) is 23.1 Å². The average molecular weight is 285 g/mol. The number of amides is 1. The molecule has 0 saturated carbocycles. The fraction of sp³-hybridized carbons (Fsp3) is 0.667. The molecule has 0 spiro atoms. The second-order valence-corrected chi connectivity index (χ2v) is 6.96. The summed E-state index contributed by atoms with van der Waals surface area (Å²) < 4.78 is 0. The topological polar surface area (TPSA) is 54.0 Å². The molecule has 0 aliphatic carbocycles. The van der Waals surface area contributed by atoms with E-state index < -0.39 is 0 Å². The number of carbonyl (C=O) groups is 1. The molecule has 1 saturated heterocycles. The van der Waals surface area contributed by atoms with Gasteiger partial charge in [-0.2, -0.15) is 0 Å². The van der Waals surface area contributed by atoms with Crippen LogP contribution in [0.1, 0.15) is 23.4 Å². The van der Waals surface area contributed by atoms with Gasteiger partial charge < -0.3 is 10.6 Å². The number of carbonyl (C=O) groups excluding carboxylic acids is 1. The fourth-order valence-corrected chi connectivity index (χ4v) is 3.70. The molecule has 1 amide bonds. The number of aromatic nitrogens is 1. The van der Waals surface area contributed by atoms with Crippen LogP contribution in [0, 0.1) is 13.8 Å². The van der Waals surface area contributed by atoms with Gasteiger partial charge in [0.2, 0.25) is 5.91 Å². The van der Waals surface area contributed by atoms with Gasteiger partial charge in [-0.25, -0.2) is 4.98 Å². The Morgan fingerprint density at radius 2 is 2.22 bits per heavy atom. The first kappa shape index (κ1) is 13.8. The van der Waals surface area contributed by atoms with Gasteiger partial charge in [-0.15, -0.1) is 23.1 Å². The molecule has 4 nitrogen and oxygen atoms in total. The first-order valence-corrected chi connectivity index (χ1v) is 8.08. The van der Waals surface area contributed by atoms with Crippen LogP contribution in [0.2, 0.25) is 0 Å². The first-order chi connectivity index (χ1) is 8.65. The van der Waals surface area contributed by atoms with Crippen LogP contribution < -0.4 is 10.6 Å². The molecule has 2 N–H and O–H groups in total. The Morgan fingerprint density at radius 1 is 1.50 bits per heavy atom. The average Bonchev–Trinajstić information content (AvgIpc) is 2.67. The number of thioether (sulfide) groups is 1. The zero-order valence-electron chi connectivity index (χ0n) is 10.8. The van der Waals surface area contributed by atoms with Crippen molar-refractivity contribution in [1.29, 1.82) is 0 Å². The van der Waals surface area contributed by atoms with Crippen LogP contribution in [0.25, 0.3) is 0 Å². The molecule has 0 bridgehead atoms. The zero-order chi connectivity index (χ0) is 13.0. The Labute approximate surface area is 116 Å². The molecule has 2 heterocycles. The van der Waals surface area contributed by atoms with Crippen LogP contribution in [-0.4, -0.2) is 35.0 Å². The van der Waals surface area contributed by atoms with Crippen LogP contribution in [0.15, 0.2) is 0 Å². The largest absolute Gasteiger partial charge is 0.317 e. The van der Waals surface area contributed by atoms with E-state index >= 15 is 0 Å². The number of rotatable bonds is 4. The summed E-state index contributed by atoms with van der Waals surface area (Å²) in [7, 11) is 0. The van der Waals surface area contributed by atoms with E-state index in [0.717, 1.165) is 41.6 Å². The van der Waals surface area contributed by atoms with E-state index in [9.17, 15) is 4.79 Å². The summed E-state index contributed by atoms with van der Waals surface area (Å²) in [6.45, 7) is 6.13. The number of hydrogen-bond acceptors (Lipinski definition) is 5. The Balaban J connectivity index is 1.74. The highest BCUT2D eigenvalue weighted by atomic mass is 32.2. The van der Waals surface area contributed by atoms with Crippen molar-refractivity contribution >= 4 is 34.1 Å². The second-order valence-electron chi connectivity index (χ2n) is 4.47. The lowest BCUT2D eigenvalue weighted by molar-refractivity contribution is -0.113. The van der Waals surface area contributed by atoms with Gasteiger partial charge in [-0.1, -0.05) is 0 Å². The van der Waals surface area contributed by atoms with Crippen LogP contribution in [0.3, 0.4) is 0 Å². The molecule has 1 fully saturated rings. The van der Waals surface area contributed by atoms with Gasteiger partial charge in [0.05, 0.1) is 11.4 Å². The summed E-state index contributed by atoms with van der Waals surface area (Å²) in [5.41, 5.74) is 1.00. The lowest BCUT2D eigenvalue weighted by Gasteiger charge is -2.21. The molecule has 0 aromatic carbocycles. The normalized spacial score (nSPS) is 16.8. The molecular weight excluding hydrogens is 266 g/mol. The molecule has 1 aliphatic rings. The third kappa shape index (κ3) is 3.96. The molecule has 1 aromatic rings. The molecule has 1 aromatic heterocycles. The van der Waals surface area contributed by atoms with Crippen LogP contribution in [0.5, 0.6) is 0 Å². The van der Waals surface area contributed by atoms with E-state index in [1.807, 2.05) is 13.8 Å². The predicted molar refractivity (Wildman–Crippen MR) is 78.6 cm³/mol. The molecular formula is C12H19N3OS2. The Morgan fingerprint density at radius 3 is 2.83 bits per heavy atom. The maximum absolute atomic E-state index is 11.8. The Hall–Kier alpha value is -0.590. The van der Waals surface area contributed by atoms with Crippen molar-refractivity contribution in [2.24, 2.45) is 0 Å². The van der Waals surface area contributed by atoms with Crippen molar-refractivity contribution in [2.75, 3.05) is 24.2 Å². The number of piperidine rings is 1. The van der Waals surface area contributed by atoms with E-state index in [-0.39, 0.29) is 5.91 Å². The molecule has 100 valence electrons. The predicted octanol–water partition coefficient (Wildman–Crippen LogP) is 2.18. The highest BCUT2D eigenvalue weighted by Gasteiger charge is 2.15. The Bertz CT molecular complexity index is 394. The number of hydrogen-bond donors (Lipinski definition) is 2. The van der Waals surface area contributed by atoms with Crippen LogP contribution in [-0.2, 0) is 4.79 Å². The molecule has 0 unspecified atom stereocenters. The van der Waals surface area contributed by atoms with Gasteiger partial charge in [0, 0.05) is 10.1 Å². The summed E-state index contributed by atoms with van der Waals surface area (Å²) in [5, 5.41) is 7.55. The third-order valence-electron chi connectivity index (χ3n) is 3.01. The van der Waals surface area contributed by atoms with Crippen molar-refractivity contribution < 1.29 is 4.79 Å². The van der Waals surface area contributed by atoms with Crippen molar-refractivity contribution in [1.82, 2.24) is 10.3 Å². The standard InChI is InChI=1S/C12H19N3OS2/c1-8-9(2)18-12(14-8)15-11(16)7-17-10-3-5-13-6-4-10/h10,13H,3-7H2,1-2H3,(H,14,15,16). The molecule has 1 aliphatic heterocycles. The van der Waals surface area contributed by atoms with Crippen molar-refractivity contribution in [3.8, 4) is 0 Å². The first-order valence-electron chi connectivity index (χ1n) is 6.21. The maximum Gasteiger partial charge on any atom is 0.236 e. The number of nitrogens with one attached hydrogen (secondary N) is 2. The monoisotopic (exact) mass is 285 g/mol. The van der Waals surface area contributed by atoms with E-state index in [0.29, 0.717) is 11.0 Å². The van der Waals surface area contributed by atoms with Gasteiger partial charge in [0.1, 0.15) is 0 Å². The zero-order valence-corrected chi connectivity index (χ0v) is 12.4. The Kier molecular flexibility index (Phi) is 5.03. The second kappa shape index (κ2) is 6.54. The van der Waals surface area contributed by atoms with Crippen LogP contribution in [0.4, 0.5) is 5.13 Å². The number of aryl methyl sites for hydroxylation is 2. The van der Waals surface area contributed by atoms with Crippen molar-refractivity contribution in [3.63, 3.8) is 0 Å². The number of anilines is 1. The summed E-state index contributed by atoms with van der Waals surface area (Å²) in [6.07, 6.45) is 2.32. The van der Waals surface area contributed by atoms with E-state index in [4.69, 9.17) is 0 Å². The number of nitrogens with zero attached hydrogens (tertiary/aromatic N) is 1. The summed E-state index contributed by atoms with van der Waals surface area (Å²) >= 11 is 3.30. The van der Waals surface area contributed by atoms with E-state index in [2.05, 4.69) is 15.6 Å². The van der Waals surface area contributed by atoms with Gasteiger partial charge in [0.25, 0.3) is 0 Å². The summed E-state index contributed by atoms with van der Waals surface area (Å²) in [5.74, 6) is 0.592. The minimum Gasteiger partial charge on any atom is -0.317 e. The molecule has 6 heteroatoms. The minimum atomic E-state index is 0.0623. The molecule has 0 radical (unpaired) electrons. The van der Waals surface area contributed by atoms with Crippen LogP contribution >= 0.6 is 23.1 Å². The fourth-order valence-electron chi connectivity index (χ4n) is 1.84. The quantitative estimate of drug-likeness (QED) is 0.890. The highest BCUT2D eigenvalue weighted by Crippen LogP contribution is 2.23. The van der Waals surface area contributed by atoms with Crippen molar-refractivity contribution in [3.05, 3.63) is 10.6 Å². The summed E-state index contributed by atoms with van der Waals surface area (Å²) in [6, 6.07) is 0. The smallest absolute Gasteiger partial charge is 0.236 e. The van der Waals surface area contributed by atoms with Gasteiger partial charge in [-0.05, 0) is 39.8 Å². The van der Waals surface area contributed by atoms with Gasteiger partial charge >= 0.3 is 0 Å². The number of thiazole rings is 1. The van der Waals surface area contributed by atoms with E-state index in [1.165, 1.54) is 0 Å². The maximum atomic E-state index is 11.8.